The van der Waals surface area contributed by atoms with Crippen LogP contribution in [0.15, 0.2) is 57.0 Å². The Bertz CT molecular complexity index is 931. The van der Waals surface area contributed by atoms with E-state index in [1.807, 2.05) is 30.3 Å². The molecule has 0 unspecified atom stereocenters. The Morgan fingerprint density at radius 3 is 2.90 bits per heavy atom. The van der Waals surface area contributed by atoms with E-state index in [9.17, 15) is 4.79 Å². The molecule has 3 N–H and O–H groups in total. The number of hydrazone groups is 1. The number of benzene rings is 2. The van der Waals surface area contributed by atoms with Gasteiger partial charge in [-0.2, -0.15) is 5.10 Å². The van der Waals surface area contributed by atoms with Gasteiger partial charge < -0.3 is 10.2 Å². The van der Waals surface area contributed by atoms with Crippen molar-refractivity contribution < 1.29 is 4.42 Å². The second kappa shape index (κ2) is 5.34. The number of thiocarbonyl (C=S) groups is 1. The van der Waals surface area contributed by atoms with Crippen LogP contribution in [0.4, 0.5) is 0 Å². The van der Waals surface area contributed by atoms with Crippen LogP contribution in [0.25, 0.3) is 21.7 Å². The average molecular weight is 297 g/mol. The third-order valence-corrected chi connectivity index (χ3v) is 3.16. The van der Waals surface area contributed by atoms with Crippen LogP contribution in [0.1, 0.15) is 5.56 Å². The Kier molecular flexibility index (Phi) is 3.37. The molecule has 3 aromatic rings. The molecule has 3 rings (SSSR count). The first kappa shape index (κ1) is 13.3. The molecule has 0 saturated carbocycles. The minimum Gasteiger partial charge on any atom is -0.463 e. The molecule has 0 aliphatic rings. The second-order valence-corrected chi connectivity index (χ2v) is 4.85. The Hall–Kier alpha value is -2.73. The second-order valence-electron chi connectivity index (χ2n) is 4.41. The van der Waals surface area contributed by atoms with Crippen LogP contribution < -0.4 is 16.6 Å². The van der Waals surface area contributed by atoms with Crippen molar-refractivity contribution in [2.75, 3.05) is 0 Å². The van der Waals surface area contributed by atoms with E-state index >= 15 is 0 Å². The van der Waals surface area contributed by atoms with Gasteiger partial charge in [-0.25, -0.2) is 0 Å². The maximum absolute atomic E-state index is 12.6. The number of nitrogens with two attached hydrogens (primary N) is 1. The molecule has 0 spiro atoms. The van der Waals surface area contributed by atoms with Gasteiger partial charge in [0.1, 0.15) is 11.8 Å². The van der Waals surface area contributed by atoms with Gasteiger partial charge in [0, 0.05) is 0 Å². The molecule has 0 fully saturated rings. The van der Waals surface area contributed by atoms with E-state index < -0.39 is 0 Å². The van der Waals surface area contributed by atoms with Crippen molar-refractivity contribution in [3.05, 3.63) is 58.4 Å². The summed E-state index contributed by atoms with van der Waals surface area (Å²) in [7, 11) is 0. The molecule has 21 heavy (non-hydrogen) atoms. The molecule has 0 radical (unpaired) electrons. The zero-order valence-corrected chi connectivity index (χ0v) is 11.7. The number of rotatable bonds is 2. The summed E-state index contributed by atoms with van der Waals surface area (Å²) < 4.78 is 5.51. The topological polar surface area (TPSA) is 80.6 Å². The van der Waals surface area contributed by atoms with Gasteiger partial charge in [0.25, 0.3) is 0 Å². The summed E-state index contributed by atoms with van der Waals surface area (Å²) >= 11 is 4.64. The average Bonchev–Trinajstić information content (AvgIpc) is 2.49. The first-order valence-corrected chi connectivity index (χ1v) is 6.59. The van der Waals surface area contributed by atoms with Crippen LogP contribution >= 0.6 is 12.2 Å². The van der Waals surface area contributed by atoms with E-state index in [0.29, 0.717) is 16.5 Å². The number of fused-ring (bicyclic) bond motifs is 3. The predicted octanol–water partition coefficient (Wildman–Crippen LogP) is 2.11. The summed E-state index contributed by atoms with van der Waals surface area (Å²) in [5, 5.41) is 6.18. The highest BCUT2D eigenvalue weighted by Gasteiger charge is 2.09. The van der Waals surface area contributed by atoms with Crippen LogP contribution in [0, 0.1) is 0 Å². The van der Waals surface area contributed by atoms with E-state index in [-0.39, 0.29) is 10.5 Å². The lowest BCUT2D eigenvalue weighted by atomic mass is 10.0. The third kappa shape index (κ3) is 2.48. The molecule has 2 aromatic carbocycles. The standard InChI is InChI=1S/C15H11N3O2S/c16-15(21)18-17-7-10-8-20-12-6-5-9-3-1-2-4-11(9)13(12)14(10)19/h1-8H,(H3,16,18,21)/b17-7+. The van der Waals surface area contributed by atoms with Gasteiger partial charge >= 0.3 is 0 Å². The highest BCUT2D eigenvalue weighted by molar-refractivity contribution is 7.80. The number of hydrogen-bond acceptors (Lipinski definition) is 4. The Balaban J connectivity index is 2.24. The van der Waals surface area contributed by atoms with Crippen LogP contribution in [0.2, 0.25) is 0 Å². The fraction of sp³-hybridized carbons (Fsp3) is 0. The summed E-state index contributed by atoms with van der Waals surface area (Å²) in [5.74, 6) is 0. The normalized spacial score (nSPS) is 11.2. The van der Waals surface area contributed by atoms with Gasteiger partial charge in [-0.05, 0) is 29.1 Å². The first-order valence-electron chi connectivity index (χ1n) is 6.18. The lowest BCUT2D eigenvalue weighted by Crippen LogP contribution is -2.24. The summed E-state index contributed by atoms with van der Waals surface area (Å²) in [6, 6.07) is 11.4. The zero-order chi connectivity index (χ0) is 14.8. The lowest BCUT2D eigenvalue weighted by Gasteiger charge is -2.03. The fourth-order valence-electron chi connectivity index (χ4n) is 2.16. The van der Waals surface area contributed by atoms with Crippen molar-refractivity contribution in [3.8, 4) is 0 Å². The Morgan fingerprint density at radius 2 is 2.10 bits per heavy atom. The molecule has 104 valence electrons. The summed E-state index contributed by atoms with van der Waals surface area (Å²) in [6.45, 7) is 0. The minimum atomic E-state index is -0.151. The highest BCUT2D eigenvalue weighted by Crippen LogP contribution is 2.22. The number of nitrogens with zero attached hydrogens (tertiary/aromatic N) is 1. The van der Waals surface area contributed by atoms with E-state index in [4.69, 9.17) is 10.2 Å². The molecular weight excluding hydrogens is 286 g/mol. The molecule has 0 bridgehead atoms. The molecule has 6 heteroatoms. The molecule has 0 saturated heterocycles. The maximum atomic E-state index is 12.6. The van der Waals surface area contributed by atoms with Crippen molar-refractivity contribution in [2.45, 2.75) is 0 Å². The van der Waals surface area contributed by atoms with E-state index in [0.717, 1.165) is 10.8 Å². The summed E-state index contributed by atoms with van der Waals surface area (Å²) in [6.07, 6.45) is 2.70. The number of nitrogens with one attached hydrogen (secondary N) is 1. The SMILES string of the molecule is NC(=S)N/N=C/c1coc2ccc3ccccc3c2c1=O. The lowest BCUT2D eigenvalue weighted by molar-refractivity contribution is 0.602. The van der Waals surface area contributed by atoms with Crippen molar-refractivity contribution in [2.24, 2.45) is 10.8 Å². The minimum absolute atomic E-state index is 0.0295. The van der Waals surface area contributed by atoms with Crippen molar-refractivity contribution in [3.63, 3.8) is 0 Å². The van der Waals surface area contributed by atoms with Gasteiger partial charge in [-0.3, -0.25) is 10.2 Å². The molecule has 0 amide bonds. The van der Waals surface area contributed by atoms with E-state index in [1.54, 1.807) is 6.07 Å². The van der Waals surface area contributed by atoms with Crippen molar-refractivity contribution in [1.29, 1.82) is 0 Å². The summed E-state index contributed by atoms with van der Waals surface area (Å²) in [4.78, 5) is 12.6. The monoisotopic (exact) mass is 297 g/mol. The highest BCUT2D eigenvalue weighted by atomic mass is 32.1. The molecule has 0 atom stereocenters. The maximum Gasteiger partial charge on any atom is 0.202 e. The molecule has 0 aliphatic heterocycles. The third-order valence-electron chi connectivity index (χ3n) is 3.07. The van der Waals surface area contributed by atoms with Crippen LogP contribution in [0.5, 0.6) is 0 Å². The van der Waals surface area contributed by atoms with Gasteiger partial charge in [0.05, 0.1) is 17.2 Å². The van der Waals surface area contributed by atoms with Crippen molar-refractivity contribution >= 4 is 45.3 Å². The van der Waals surface area contributed by atoms with Crippen LogP contribution in [-0.2, 0) is 0 Å². The largest absolute Gasteiger partial charge is 0.463 e. The van der Waals surface area contributed by atoms with Gasteiger partial charge in [0.15, 0.2) is 5.11 Å². The summed E-state index contributed by atoms with van der Waals surface area (Å²) in [5.41, 5.74) is 8.38. The molecule has 1 aromatic heterocycles. The predicted molar refractivity (Wildman–Crippen MR) is 87.5 cm³/mol. The Morgan fingerprint density at radius 1 is 1.29 bits per heavy atom. The van der Waals surface area contributed by atoms with E-state index in [2.05, 4.69) is 22.7 Å². The van der Waals surface area contributed by atoms with Crippen molar-refractivity contribution in [1.82, 2.24) is 5.43 Å². The zero-order valence-electron chi connectivity index (χ0n) is 10.9. The molecule has 5 nitrogen and oxygen atoms in total. The van der Waals surface area contributed by atoms with Crippen LogP contribution in [-0.4, -0.2) is 11.3 Å². The van der Waals surface area contributed by atoms with Crippen LogP contribution in [0.3, 0.4) is 0 Å². The van der Waals surface area contributed by atoms with Gasteiger partial charge in [-0.1, -0.05) is 30.3 Å². The fourth-order valence-corrected chi connectivity index (χ4v) is 2.22. The molecular formula is C15H11N3O2S. The van der Waals surface area contributed by atoms with E-state index in [1.165, 1.54) is 12.5 Å². The molecule has 0 aliphatic carbocycles. The quantitative estimate of drug-likeness (QED) is 0.328. The van der Waals surface area contributed by atoms with Gasteiger partial charge in [-0.15, -0.1) is 0 Å². The number of hydrogen-bond donors (Lipinski definition) is 2. The Labute approximate surface area is 125 Å². The smallest absolute Gasteiger partial charge is 0.202 e. The first-order chi connectivity index (χ1) is 10.2. The molecule has 1 heterocycles. The van der Waals surface area contributed by atoms with Gasteiger partial charge in [0.2, 0.25) is 5.43 Å².